The van der Waals surface area contributed by atoms with Gasteiger partial charge in [-0.2, -0.15) is 0 Å². The van der Waals surface area contributed by atoms with Crippen molar-refractivity contribution in [2.45, 2.75) is 58.9 Å². The molecule has 6 heteroatoms. The first-order valence-corrected chi connectivity index (χ1v) is 10.0. The fraction of sp³-hybridized carbons (Fsp3) is 0.619. The second-order valence-electron chi connectivity index (χ2n) is 7.40. The Kier molecular flexibility index (Phi) is 8.07. The summed E-state index contributed by atoms with van der Waals surface area (Å²) in [5.41, 5.74) is 0.867. The van der Waals surface area contributed by atoms with Crippen LogP contribution in [0.25, 0.3) is 0 Å². The number of carbonyl (C=O) groups is 2. The van der Waals surface area contributed by atoms with Crippen LogP contribution in [0, 0.1) is 5.82 Å². The van der Waals surface area contributed by atoms with E-state index in [0.717, 1.165) is 12.8 Å². The van der Waals surface area contributed by atoms with Crippen molar-refractivity contribution in [3.63, 3.8) is 0 Å². The number of hydrogen-bond acceptors (Lipinski definition) is 3. The van der Waals surface area contributed by atoms with Crippen LogP contribution in [0.5, 0.6) is 0 Å². The van der Waals surface area contributed by atoms with Crippen molar-refractivity contribution in [1.29, 1.82) is 0 Å². The molecule has 2 rings (SSSR count). The number of nitrogens with one attached hydrogen (secondary N) is 1. The molecule has 1 aliphatic rings. The maximum atomic E-state index is 14.3. The molecule has 5 nitrogen and oxygen atoms in total. The van der Waals surface area contributed by atoms with Crippen LogP contribution in [0.4, 0.5) is 14.9 Å². The Morgan fingerprint density at radius 3 is 2.44 bits per heavy atom. The van der Waals surface area contributed by atoms with Crippen LogP contribution in [0.1, 0.15) is 63.2 Å². The zero-order valence-electron chi connectivity index (χ0n) is 16.8. The minimum Gasteiger partial charge on any atom is -0.366 e. The SMILES string of the molecule is CCCCCCC(C)NC(=O)N1CCN(c2ccc(C(C)=O)cc2F)CC1. The maximum Gasteiger partial charge on any atom is 0.317 e. The maximum absolute atomic E-state index is 14.3. The molecule has 1 saturated heterocycles. The van der Waals surface area contributed by atoms with Gasteiger partial charge in [0.25, 0.3) is 0 Å². The number of amides is 2. The third-order valence-corrected chi connectivity index (χ3v) is 5.12. The van der Waals surface area contributed by atoms with Crippen molar-refractivity contribution in [3.05, 3.63) is 29.6 Å². The van der Waals surface area contributed by atoms with Crippen LogP contribution in [-0.2, 0) is 0 Å². The average Bonchev–Trinajstić information content (AvgIpc) is 2.65. The Hall–Kier alpha value is -2.11. The Balaban J connectivity index is 1.81. The fourth-order valence-corrected chi connectivity index (χ4v) is 3.38. The third-order valence-electron chi connectivity index (χ3n) is 5.12. The molecule has 0 bridgehead atoms. The van der Waals surface area contributed by atoms with Crippen LogP contribution >= 0.6 is 0 Å². The van der Waals surface area contributed by atoms with Crippen molar-refractivity contribution in [1.82, 2.24) is 10.2 Å². The lowest BCUT2D eigenvalue weighted by Crippen LogP contribution is -2.53. The van der Waals surface area contributed by atoms with E-state index in [2.05, 4.69) is 12.2 Å². The summed E-state index contributed by atoms with van der Waals surface area (Å²) >= 11 is 0. The zero-order valence-corrected chi connectivity index (χ0v) is 16.8. The van der Waals surface area contributed by atoms with Crippen LogP contribution in [0.15, 0.2) is 18.2 Å². The van der Waals surface area contributed by atoms with E-state index in [1.165, 1.54) is 32.3 Å². The van der Waals surface area contributed by atoms with Crippen LogP contribution < -0.4 is 10.2 Å². The van der Waals surface area contributed by atoms with E-state index in [9.17, 15) is 14.0 Å². The highest BCUT2D eigenvalue weighted by molar-refractivity contribution is 5.94. The van der Waals surface area contributed by atoms with Crippen molar-refractivity contribution in [3.8, 4) is 0 Å². The predicted molar refractivity (Wildman–Crippen MR) is 107 cm³/mol. The van der Waals surface area contributed by atoms with E-state index in [0.29, 0.717) is 37.4 Å². The normalized spacial score (nSPS) is 15.6. The first-order valence-electron chi connectivity index (χ1n) is 10.0. The number of Topliss-reactive ketones (excluding diaryl/α,β-unsaturated/α-hetero) is 1. The van der Waals surface area contributed by atoms with E-state index >= 15 is 0 Å². The Morgan fingerprint density at radius 1 is 1.15 bits per heavy atom. The molecule has 0 aliphatic carbocycles. The number of halogens is 1. The highest BCUT2D eigenvalue weighted by Gasteiger charge is 2.23. The van der Waals surface area contributed by atoms with Gasteiger partial charge in [0.2, 0.25) is 0 Å². The first-order chi connectivity index (χ1) is 12.9. The Bertz CT molecular complexity index is 642. The number of rotatable bonds is 8. The lowest BCUT2D eigenvalue weighted by atomic mass is 10.1. The molecular formula is C21H32FN3O2. The van der Waals surface area contributed by atoms with Gasteiger partial charge in [-0.1, -0.05) is 32.6 Å². The number of hydrogen-bond donors (Lipinski definition) is 1. The highest BCUT2D eigenvalue weighted by atomic mass is 19.1. The van der Waals surface area contributed by atoms with E-state index < -0.39 is 0 Å². The molecule has 1 aliphatic heterocycles. The number of ketones is 1. The summed E-state index contributed by atoms with van der Waals surface area (Å²) in [6, 6.07) is 4.73. The molecule has 0 radical (unpaired) electrons. The topological polar surface area (TPSA) is 52.7 Å². The number of unbranched alkanes of at least 4 members (excludes halogenated alkanes) is 3. The molecule has 150 valence electrons. The van der Waals surface area contributed by atoms with Gasteiger partial charge in [-0.3, -0.25) is 4.79 Å². The minimum atomic E-state index is -0.388. The van der Waals surface area contributed by atoms with E-state index in [1.807, 2.05) is 11.8 Å². The van der Waals surface area contributed by atoms with Gasteiger partial charge < -0.3 is 15.1 Å². The van der Waals surface area contributed by atoms with E-state index in [4.69, 9.17) is 0 Å². The number of nitrogens with zero attached hydrogens (tertiary/aromatic N) is 2. The fourth-order valence-electron chi connectivity index (χ4n) is 3.38. The van der Waals surface area contributed by atoms with E-state index in [1.54, 1.807) is 17.0 Å². The van der Waals surface area contributed by atoms with Crippen molar-refractivity contribution >= 4 is 17.5 Å². The van der Waals surface area contributed by atoms with Gasteiger partial charge in [-0.15, -0.1) is 0 Å². The van der Waals surface area contributed by atoms with Crippen LogP contribution in [-0.4, -0.2) is 48.9 Å². The molecule has 1 unspecified atom stereocenters. The van der Waals surface area contributed by atoms with Gasteiger partial charge in [0.15, 0.2) is 5.78 Å². The molecule has 1 N–H and O–H groups in total. The van der Waals surface area contributed by atoms with Gasteiger partial charge in [0.1, 0.15) is 5.82 Å². The van der Waals surface area contributed by atoms with Crippen molar-refractivity contribution in [2.24, 2.45) is 0 Å². The number of anilines is 1. The highest BCUT2D eigenvalue weighted by Crippen LogP contribution is 2.22. The summed E-state index contributed by atoms with van der Waals surface area (Å²) in [7, 11) is 0. The number of carbonyl (C=O) groups excluding carboxylic acids is 2. The standard InChI is InChI=1S/C21H32FN3O2/c1-4-5-6-7-8-16(2)23-21(27)25-13-11-24(12-14-25)20-10-9-18(17(3)26)15-19(20)22/h9-10,15-16H,4-8,11-14H2,1-3H3,(H,23,27). The molecule has 0 spiro atoms. The molecule has 0 aromatic heterocycles. The van der Waals surface area contributed by atoms with Crippen LogP contribution in [0.3, 0.4) is 0 Å². The molecule has 1 aromatic carbocycles. The summed E-state index contributed by atoms with van der Waals surface area (Å²) < 4.78 is 14.3. The summed E-state index contributed by atoms with van der Waals surface area (Å²) in [4.78, 5) is 27.5. The summed E-state index contributed by atoms with van der Waals surface area (Å²) in [6.07, 6.45) is 5.80. The lowest BCUT2D eigenvalue weighted by molar-refractivity contribution is 0.101. The zero-order chi connectivity index (χ0) is 19.8. The molecule has 1 atom stereocenters. The van der Waals surface area contributed by atoms with Crippen molar-refractivity contribution in [2.75, 3.05) is 31.1 Å². The third kappa shape index (κ3) is 6.22. The van der Waals surface area contributed by atoms with Gasteiger partial charge in [0.05, 0.1) is 5.69 Å². The Labute approximate surface area is 161 Å². The second-order valence-corrected chi connectivity index (χ2v) is 7.40. The summed E-state index contributed by atoms with van der Waals surface area (Å²) in [6.45, 7) is 7.94. The quantitative estimate of drug-likeness (QED) is 0.545. The molecule has 0 saturated carbocycles. The molecule has 1 fully saturated rings. The molecular weight excluding hydrogens is 345 g/mol. The first kappa shape index (κ1) is 21.2. The molecule has 1 aromatic rings. The lowest BCUT2D eigenvalue weighted by Gasteiger charge is -2.36. The van der Waals surface area contributed by atoms with Crippen LogP contribution in [0.2, 0.25) is 0 Å². The van der Waals surface area contributed by atoms with Gasteiger partial charge in [-0.25, -0.2) is 9.18 Å². The predicted octanol–water partition coefficient (Wildman–Crippen LogP) is 4.22. The number of piperazine rings is 1. The van der Waals surface area contributed by atoms with Crippen molar-refractivity contribution < 1.29 is 14.0 Å². The average molecular weight is 378 g/mol. The van der Waals surface area contributed by atoms with Gasteiger partial charge >= 0.3 is 6.03 Å². The summed E-state index contributed by atoms with van der Waals surface area (Å²) in [5.74, 6) is -0.535. The number of benzene rings is 1. The Morgan fingerprint density at radius 2 is 1.85 bits per heavy atom. The van der Waals surface area contributed by atoms with Gasteiger partial charge in [0, 0.05) is 37.8 Å². The number of urea groups is 1. The smallest absolute Gasteiger partial charge is 0.317 e. The molecule has 27 heavy (non-hydrogen) atoms. The molecule has 2 amide bonds. The second kappa shape index (κ2) is 10.3. The largest absolute Gasteiger partial charge is 0.366 e. The molecule has 1 heterocycles. The monoisotopic (exact) mass is 377 g/mol. The van der Waals surface area contributed by atoms with E-state index in [-0.39, 0.29) is 23.7 Å². The van der Waals surface area contributed by atoms with Gasteiger partial charge in [-0.05, 0) is 38.5 Å². The minimum absolute atomic E-state index is 0.0370. The summed E-state index contributed by atoms with van der Waals surface area (Å²) in [5, 5.41) is 3.07.